The van der Waals surface area contributed by atoms with Crippen LogP contribution in [-0.2, 0) is 9.57 Å². The monoisotopic (exact) mass is 521 g/mol. The highest BCUT2D eigenvalue weighted by Gasteiger charge is 2.70. The molecule has 0 heterocycles. The Hall–Kier alpha value is -1.77. The van der Waals surface area contributed by atoms with Crippen LogP contribution in [-0.4, -0.2) is 34.6 Å². The molecule has 4 aliphatic rings. The molecule has 0 bridgehead atoms. The second-order valence-corrected chi connectivity index (χ2v) is 13.6. The fraction of sp³-hybridized carbons (Fsp3) is 0.964. The SMILES string of the molecule is CO[C@H]1CC[C@]2(C)[C@H]3CC[C@]4(C)[C@@H]([C@H](C)CCCC(C)C)CC[C@H]4[C@@H]3C/C(=N\[N+](=O)[O-])[C@@]2(O[N+](=O)[O-])C1. The summed E-state index contributed by atoms with van der Waals surface area (Å²) in [5.41, 5.74) is -1.57. The van der Waals surface area contributed by atoms with E-state index in [0.717, 1.165) is 31.6 Å². The maximum absolute atomic E-state index is 11.8. The molecule has 0 amide bonds. The minimum atomic E-state index is -1.42. The van der Waals surface area contributed by atoms with Gasteiger partial charge in [0.1, 0.15) is 5.71 Å². The zero-order valence-corrected chi connectivity index (χ0v) is 23.6. The number of nitro groups is 1. The van der Waals surface area contributed by atoms with Gasteiger partial charge < -0.3 is 9.57 Å². The van der Waals surface area contributed by atoms with Crippen molar-refractivity contribution >= 4 is 5.71 Å². The molecule has 0 aliphatic heterocycles. The van der Waals surface area contributed by atoms with Crippen LogP contribution >= 0.6 is 0 Å². The van der Waals surface area contributed by atoms with Gasteiger partial charge in [0.05, 0.1) is 11.2 Å². The number of hydrazone groups is 1. The molecule has 0 N–H and O–H groups in total. The molecule has 210 valence electrons. The summed E-state index contributed by atoms with van der Waals surface area (Å²) in [4.78, 5) is 29.1. The molecule has 0 aromatic carbocycles. The molecule has 4 fully saturated rings. The third-order valence-electron chi connectivity index (χ3n) is 11.5. The normalized spacial score (nSPS) is 43.1. The van der Waals surface area contributed by atoms with Gasteiger partial charge in [-0.2, -0.15) is 0 Å². The number of nitrogens with zero attached hydrogens (tertiary/aromatic N) is 3. The van der Waals surface area contributed by atoms with Crippen LogP contribution in [0.2, 0.25) is 0 Å². The van der Waals surface area contributed by atoms with E-state index >= 15 is 0 Å². The summed E-state index contributed by atoms with van der Waals surface area (Å²) in [5, 5.41) is 26.0. The van der Waals surface area contributed by atoms with Crippen molar-refractivity contribution in [3.63, 3.8) is 0 Å². The fourth-order valence-corrected chi connectivity index (χ4v) is 9.77. The van der Waals surface area contributed by atoms with Crippen LogP contribution in [0, 0.1) is 66.6 Å². The van der Waals surface area contributed by atoms with Crippen molar-refractivity contribution < 1.29 is 19.7 Å². The van der Waals surface area contributed by atoms with Crippen LogP contribution in [0.5, 0.6) is 0 Å². The summed E-state index contributed by atoms with van der Waals surface area (Å²) in [7, 11) is 1.59. The number of ether oxygens (including phenoxy) is 1. The van der Waals surface area contributed by atoms with Gasteiger partial charge in [0.15, 0.2) is 10.6 Å². The molecule has 0 spiro atoms. The van der Waals surface area contributed by atoms with Gasteiger partial charge in [-0.1, -0.05) is 53.9 Å². The standard InChI is InChI=1S/C28H47N3O6/c1-18(2)8-7-9-19(3)22-10-11-23-21-16-25(29-30(32)33)28(37-31(34)35)17-20(36-6)12-15-27(28,5)24(21)13-14-26(22,23)4/h18-24H,7-17H2,1-6H3/b29-25+/t19-,20+,21+,22-,23+,24+,26-,27-,28+/m1/s1. The van der Waals surface area contributed by atoms with Crippen molar-refractivity contribution in [3.8, 4) is 0 Å². The Morgan fingerprint density at radius 2 is 1.76 bits per heavy atom. The smallest absolute Gasteiger partial charge is 0.295 e. The molecule has 9 atom stereocenters. The van der Waals surface area contributed by atoms with Crippen LogP contribution in [0.25, 0.3) is 0 Å². The number of hydrogen-bond donors (Lipinski definition) is 0. The Kier molecular flexibility index (Phi) is 7.95. The highest BCUT2D eigenvalue weighted by Crippen LogP contribution is 2.69. The molecule has 0 radical (unpaired) electrons. The van der Waals surface area contributed by atoms with E-state index in [1.54, 1.807) is 7.11 Å². The Morgan fingerprint density at radius 1 is 1.03 bits per heavy atom. The van der Waals surface area contributed by atoms with Crippen LogP contribution < -0.4 is 0 Å². The molecular weight excluding hydrogens is 474 g/mol. The van der Waals surface area contributed by atoms with Crippen molar-refractivity contribution in [1.29, 1.82) is 0 Å². The second-order valence-electron chi connectivity index (χ2n) is 13.6. The maximum Gasteiger partial charge on any atom is 0.295 e. The highest BCUT2D eigenvalue weighted by molar-refractivity contribution is 5.94. The Morgan fingerprint density at radius 3 is 2.38 bits per heavy atom. The summed E-state index contributed by atoms with van der Waals surface area (Å²) in [6, 6.07) is 0. The first-order valence-electron chi connectivity index (χ1n) is 14.5. The van der Waals surface area contributed by atoms with Crippen LogP contribution in [0.1, 0.15) is 105 Å². The number of fused-ring (bicyclic) bond motifs is 5. The van der Waals surface area contributed by atoms with E-state index in [1.165, 1.54) is 25.7 Å². The van der Waals surface area contributed by atoms with E-state index in [0.29, 0.717) is 30.6 Å². The lowest BCUT2D eigenvalue weighted by atomic mass is 9.42. The molecule has 0 unspecified atom stereocenters. The van der Waals surface area contributed by atoms with Crippen molar-refractivity contribution in [1.82, 2.24) is 0 Å². The Balaban J connectivity index is 1.68. The van der Waals surface area contributed by atoms with E-state index in [2.05, 4.69) is 39.7 Å². The third-order valence-corrected chi connectivity index (χ3v) is 11.5. The van der Waals surface area contributed by atoms with E-state index < -0.39 is 21.1 Å². The molecule has 9 heteroatoms. The van der Waals surface area contributed by atoms with Gasteiger partial charge in [-0.15, -0.1) is 10.1 Å². The van der Waals surface area contributed by atoms with Crippen molar-refractivity contribution in [2.45, 2.75) is 117 Å². The lowest BCUT2D eigenvalue weighted by Crippen LogP contribution is -2.69. The summed E-state index contributed by atoms with van der Waals surface area (Å²) < 4.78 is 5.63. The van der Waals surface area contributed by atoms with Gasteiger partial charge >= 0.3 is 0 Å². The van der Waals surface area contributed by atoms with E-state index in [4.69, 9.17) is 9.57 Å². The van der Waals surface area contributed by atoms with Crippen LogP contribution in [0.3, 0.4) is 0 Å². The zero-order chi connectivity index (χ0) is 27.2. The lowest BCUT2D eigenvalue weighted by molar-refractivity contribution is -0.782. The van der Waals surface area contributed by atoms with Gasteiger partial charge in [0.2, 0.25) is 0 Å². The average molecular weight is 522 g/mol. The quantitative estimate of drug-likeness (QED) is 0.246. The maximum atomic E-state index is 11.8. The zero-order valence-electron chi connectivity index (χ0n) is 23.6. The number of methoxy groups -OCH3 is 1. The van der Waals surface area contributed by atoms with Crippen molar-refractivity contribution in [2.24, 2.45) is 51.4 Å². The highest BCUT2D eigenvalue weighted by atomic mass is 17.0. The molecule has 4 rings (SSSR count). The van der Waals surface area contributed by atoms with E-state index in [9.17, 15) is 20.2 Å². The second kappa shape index (κ2) is 10.4. The molecule has 0 aromatic heterocycles. The van der Waals surface area contributed by atoms with Crippen LogP contribution in [0.4, 0.5) is 0 Å². The summed E-state index contributed by atoms with van der Waals surface area (Å²) in [6.45, 7) is 11.5. The van der Waals surface area contributed by atoms with Crippen molar-refractivity contribution in [3.05, 3.63) is 20.2 Å². The first-order valence-corrected chi connectivity index (χ1v) is 14.5. The van der Waals surface area contributed by atoms with Gasteiger partial charge in [-0.3, -0.25) is 0 Å². The predicted molar refractivity (Wildman–Crippen MR) is 141 cm³/mol. The van der Waals surface area contributed by atoms with Gasteiger partial charge in [0, 0.05) is 18.9 Å². The van der Waals surface area contributed by atoms with E-state index in [1.807, 2.05) is 0 Å². The summed E-state index contributed by atoms with van der Waals surface area (Å²) in [6.07, 6.45) is 10.0. The summed E-state index contributed by atoms with van der Waals surface area (Å²) >= 11 is 0. The molecular formula is C28H47N3O6. The molecule has 0 aromatic rings. The van der Waals surface area contributed by atoms with E-state index in [-0.39, 0.29) is 35.5 Å². The van der Waals surface area contributed by atoms with Crippen molar-refractivity contribution in [2.75, 3.05) is 7.11 Å². The lowest BCUT2D eigenvalue weighted by Gasteiger charge is -2.64. The first-order chi connectivity index (χ1) is 17.4. The summed E-state index contributed by atoms with van der Waals surface area (Å²) in [5.74, 6) is 2.94. The third kappa shape index (κ3) is 4.78. The topological polar surface area (TPSA) is 117 Å². The molecule has 4 saturated carbocycles. The molecule has 9 nitrogen and oxygen atoms in total. The minimum absolute atomic E-state index is 0.197. The Labute approximate surface area is 221 Å². The average Bonchev–Trinajstić information content (AvgIpc) is 3.16. The molecule has 4 aliphatic carbocycles. The molecule has 0 saturated heterocycles. The predicted octanol–water partition coefficient (Wildman–Crippen LogP) is 6.70. The van der Waals surface area contributed by atoms with Gasteiger partial charge in [0.25, 0.3) is 5.09 Å². The fourth-order valence-electron chi connectivity index (χ4n) is 9.77. The minimum Gasteiger partial charge on any atom is -0.381 e. The first kappa shape index (κ1) is 28.2. The Bertz CT molecular complexity index is 910. The number of hydrogen-bond acceptors (Lipinski definition) is 6. The van der Waals surface area contributed by atoms with Gasteiger partial charge in [-0.05, 0) is 85.9 Å². The number of rotatable bonds is 9. The largest absolute Gasteiger partial charge is 0.381 e. The van der Waals surface area contributed by atoms with Gasteiger partial charge in [-0.25, -0.2) is 10.1 Å². The van der Waals surface area contributed by atoms with Crippen LogP contribution in [0.15, 0.2) is 5.10 Å². The molecule has 37 heavy (non-hydrogen) atoms.